The molecule has 18 heteroatoms. The van der Waals surface area contributed by atoms with Gasteiger partial charge < -0.3 is 28.5 Å². The summed E-state index contributed by atoms with van der Waals surface area (Å²) in [7, 11) is 12.8. The molecule has 0 bridgehead atoms. The molecule has 6 aliphatic rings. The molecule has 0 amide bonds. The standard InChI is InChI=1S/2C15H27N3.CH3.5ClH.2Cr.4FH.K.4H2.H/c2*1-15(2,13-7-3-4-8-13)18-12-6-11-17-10-5-9-16-14(17)18;;;;;;;;;;;;;;;;;;/h2*13H,3-12H2,1-2H3;1H3;5*1H;;;4*1H;;4*1H;/q;;-1;;;;;;+2;+6;;;;;+1;;;;;-1/p-8/i;;;;;;;;;;;;;;;4*1+2;. The van der Waals surface area contributed by atoms with Crippen LogP contribution in [0.15, 0.2) is 9.98 Å². The quantitative estimate of drug-likeness (QED) is 0.161. The van der Waals surface area contributed by atoms with E-state index in [2.05, 4.69) is 77.4 Å². The van der Waals surface area contributed by atoms with Gasteiger partial charge in [0.05, 0.1) is 0 Å². The van der Waals surface area contributed by atoms with Crippen molar-refractivity contribution < 1.29 is 96.7 Å². The number of halogens is 9. The molecule has 0 aromatic carbocycles. The van der Waals surface area contributed by atoms with Crippen LogP contribution < -0.4 is 51.4 Å². The van der Waals surface area contributed by atoms with Crippen molar-refractivity contribution in [3.8, 4) is 0 Å². The van der Waals surface area contributed by atoms with Gasteiger partial charge >= 0.3 is 135 Å². The molecule has 0 radical (unpaired) electrons. The Labute approximate surface area is 371 Å². The Bertz CT molecular complexity index is 994. The van der Waals surface area contributed by atoms with Gasteiger partial charge in [0.15, 0.2) is 11.9 Å². The van der Waals surface area contributed by atoms with Crippen molar-refractivity contribution in [1.82, 2.24) is 19.6 Å². The van der Waals surface area contributed by atoms with Crippen molar-refractivity contribution in [2.75, 3.05) is 52.4 Å². The Morgan fingerprint density at radius 3 is 1.20 bits per heavy atom. The van der Waals surface area contributed by atoms with Gasteiger partial charge in [-0.3, -0.25) is 14.7 Å². The predicted molar refractivity (Wildman–Crippen MR) is 203 cm³/mol. The number of aliphatic imine (C=N–C) groups is 2. The van der Waals surface area contributed by atoms with E-state index in [1.165, 1.54) is 128 Å². The first kappa shape index (κ1) is 51.4. The predicted octanol–water partition coefficient (Wildman–Crippen LogP) is 8.85. The normalized spacial score (nSPS) is 22.9. The van der Waals surface area contributed by atoms with Crippen molar-refractivity contribution >= 4 is 62.2 Å². The Morgan fingerprint density at radius 2 is 0.918 bits per heavy atom. The van der Waals surface area contributed by atoms with E-state index in [-0.39, 0.29) is 84.0 Å². The molecule has 0 aromatic heterocycles. The fourth-order valence-electron chi connectivity index (χ4n) is 8.05. The van der Waals surface area contributed by atoms with Crippen LogP contribution in [0.2, 0.25) is 0 Å². The van der Waals surface area contributed by atoms with E-state index in [0.717, 1.165) is 24.9 Å². The van der Waals surface area contributed by atoms with Gasteiger partial charge in [-0.05, 0) is 90.9 Å². The third-order valence-electron chi connectivity index (χ3n) is 10.4. The van der Waals surface area contributed by atoms with E-state index < -0.39 is 9.55 Å². The SMILES string of the molecule is CC(C)(C1CCCC1)N1CCCN2CCCN=C21.CC(C)(C1CCCC1)N1CCCN2CCCN=C21.F.[3HH].[3HH].[3HH].[3HH].[CH3-].[Cl][Cr][Cl].[F][Cr]([F])([F])([Cl])([Cl])[Cl].[H-].[K+]. The molecule has 0 aromatic rings. The van der Waals surface area contributed by atoms with Crippen molar-refractivity contribution in [2.45, 2.75) is 116 Å². The Balaban J connectivity index is -0.000000153. The molecule has 4 heterocycles. The fraction of sp³-hybridized carbons (Fsp3) is 0.903. The summed E-state index contributed by atoms with van der Waals surface area (Å²) in [6.45, 7) is 19.1. The molecule has 0 unspecified atom stereocenters. The van der Waals surface area contributed by atoms with Gasteiger partial charge in [0.25, 0.3) is 0 Å². The Kier molecular flexibility index (Phi) is 22.1. The maximum absolute atomic E-state index is 11.2. The number of rotatable bonds is 4. The zero-order chi connectivity index (χ0) is 34.3. The largest absolute Gasteiger partial charge is 1.00 e. The van der Waals surface area contributed by atoms with Crippen molar-refractivity contribution in [3.05, 3.63) is 7.43 Å². The van der Waals surface area contributed by atoms with Crippen LogP contribution in [0.4, 0.5) is 15.3 Å². The second-order valence-corrected chi connectivity index (χ2v) is 29.2. The zero-order valence-corrected chi connectivity index (χ0v) is 39.7. The summed E-state index contributed by atoms with van der Waals surface area (Å²) in [6, 6.07) is 0. The van der Waals surface area contributed by atoms with Gasteiger partial charge in [-0.25, -0.2) is 0 Å². The summed E-state index contributed by atoms with van der Waals surface area (Å²) in [5, 5.41) is 0. The molecule has 6 rings (SSSR count). The fourth-order valence-corrected chi connectivity index (χ4v) is 8.05. The summed E-state index contributed by atoms with van der Waals surface area (Å²) in [4.78, 5) is 20.0. The van der Waals surface area contributed by atoms with E-state index in [4.69, 9.17) is 30.1 Å². The van der Waals surface area contributed by atoms with Crippen molar-refractivity contribution in [1.29, 1.82) is 0 Å². The second-order valence-electron chi connectivity index (χ2n) is 14.3. The third-order valence-corrected chi connectivity index (χ3v) is 10.4. The maximum Gasteiger partial charge on any atom is 1.00 e. The van der Waals surface area contributed by atoms with E-state index >= 15 is 0 Å². The van der Waals surface area contributed by atoms with Crippen molar-refractivity contribution in [2.24, 2.45) is 21.8 Å². The van der Waals surface area contributed by atoms with Crippen LogP contribution in [0.5, 0.6) is 0 Å². The first-order valence-corrected chi connectivity index (χ1v) is 27.0. The van der Waals surface area contributed by atoms with Gasteiger partial charge in [-0.15, -0.1) is 0 Å². The second kappa shape index (κ2) is 21.1. The van der Waals surface area contributed by atoms with Crippen LogP contribution in [0.25, 0.3) is 0 Å². The molecule has 0 atom stereocenters. The minimum absolute atomic E-state index is 0. The summed E-state index contributed by atoms with van der Waals surface area (Å²) in [6.07, 6.45) is 16.4. The molecule has 4 aliphatic heterocycles. The maximum atomic E-state index is 11.2. The van der Waals surface area contributed by atoms with Crippen LogP contribution >= 0.6 is 50.2 Å². The van der Waals surface area contributed by atoms with E-state index in [1.807, 2.05) is 0 Å². The van der Waals surface area contributed by atoms with Crippen LogP contribution in [0.1, 0.15) is 112 Å². The molecule has 0 N–H and O–H groups in total. The number of fused-ring (bicyclic) bond motifs is 2. The van der Waals surface area contributed by atoms with Crippen LogP contribution in [-0.4, -0.2) is 95.0 Å². The van der Waals surface area contributed by atoms with Gasteiger partial charge in [-0.2, -0.15) is 0 Å². The topological polar surface area (TPSA) is 37.7 Å². The molecule has 2 saturated carbocycles. The van der Waals surface area contributed by atoms with Crippen molar-refractivity contribution in [3.63, 3.8) is 0 Å². The minimum atomic E-state index is -8.04. The molecule has 2 saturated heterocycles. The number of nitrogens with zero attached hydrogens (tertiary/aromatic N) is 6. The number of hydrogen-bond donors (Lipinski definition) is 0. The molecule has 2 aliphatic carbocycles. The zero-order valence-electron chi connectivity index (χ0n) is 31.2. The van der Waals surface area contributed by atoms with Crippen LogP contribution in [0.3, 0.4) is 0 Å². The van der Waals surface area contributed by atoms with Crippen LogP contribution in [0, 0.1) is 19.3 Å². The molecular weight excluding hydrogens is 853 g/mol. The van der Waals surface area contributed by atoms with Gasteiger partial charge in [0.2, 0.25) is 0 Å². The number of hydrogen-bond acceptors (Lipinski definition) is 6. The molecule has 4 fully saturated rings. The molecule has 6 nitrogen and oxygen atoms in total. The molecule has 0 spiro atoms. The van der Waals surface area contributed by atoms with Gasteiger partial charge in [0, 0.05) is 69.1 Å². The minimum Gasteiger partial charge on any atom is -1.00 e. The Hall–Kier alpha value is 2.41. The first-order valence-electron chi connectivity index (χ1n) is 16.8. The average molecular weight is 928 g/mol. The molecule has 298 valence electrons. The van der Waals surface area contributed by atoms with Gasteiger partial charge in [-0.1, -0.05) is 25.7 Å². The van der Waals surface area contributed by atoms with Gasteiger partial charge in [0.1, 0.15) is 0 Å². The Morgan fingerprint density at radius 1 is 0.653 bits per heavy atom. The summed E-state index contributed by atoms with van der Waals surface area (Å²) in [5.41, 5.74) is 0.594. The van der Waals surface area contributed by atoms with E-state index in [9.17, 15) is 10.6 Å². The third kappa shape index (κ3) is 17.4. The first-order chi connectivity index (χ1) is 21.3. The monoisotopic (exact) mass is 925 g/mol. The summed E-state index contributed by atoms with van der Waals surface area (Å²) in [5.74, 6) is 4.35. The molecular formula is C31H67Cl5Cr2F4KN6-. The van der Waals surface area contributed by atoms with E-state index in [0.29, 0.717) is 11.1 Å². The average Bonchev–Trinajstić information content (AvgIpc) is 3.72. The smallest absolute Gasteiger partial charge is 1.00 e. The van der Waals surface area contributed by atoms with E-state index in [1.54, 1.807) is 0 Å². The molecule has 49 heavy (non-hydrogen) atoms. The summed E-state index contributed by atoms with van der Waals surface area (Å²) < 4.78 is 33.6. The van der Waals surface area contributed by atoms with Crippen LogP contribution in [-0.2, 0) is 22.9 Å². The summed E-state index contributed by atoms with van der Waals surface area (Å²) >= 11 is -0.181. The number of guanidine groups is 2.